The van der Waals surface area contributed by atoms with E-state index in [0.717, 1.165) is 81.3 Å². The van der Waals surface area contributed by atoms with Crippen molar-refractivity contribution in [3.8, 4) is 11.5 Å². The van der Waals surface area contributed by atoms with Gasteiger partial charge in [-0.2, -0.15) is 0 Å². The van der Waals surface area contributed by atoms with Crippen molar-refractivity contribution in [3.05, 3.63) is 22.3 Å². The first kappa shape index (κ1) is 32.0. The van der Waals surface area contributed by atoms with E-state index in [1.807, 2.05) is 0 Å². The molecule has 1 heterocycles. The Hall–Kier alpha value is -1.18. The van der Waals surface area contributed by atoms with Crippen LogP contribution in [0.15, 0.2) is 0 Å². The Morgan fingerprint density at radius 2 is 1.24 bits per heavy atom. The molecule has 1 aromatic carbocycles. The van der Waals surface area contributed by atoms with Gasteiger partial charge in [-0.15, -0.1) is 0 Å². The van der Waals surface area contributed by atoms with Crippen molar-refractivity contribution in [2.75, 3.05) is 0 Å². The molecule has 37 heavy (non-hydrogen) atoms. The minimum atomic E-state index is -0.0793. The van der Waals surface area contributed by atoms with Gasteiger partial charge in [0.1, 0.15) is 17.1 Å². The largest absolute Gasteiger partial charge is 0.507 e. The number of hydrogen-bond acceptors (Lipinski definition) is 2. The number of fused-ring (bicyclic) bond motifs is 1. The number of hydrogen-bond donors (Lipinski definition) is 1. The topological polar surface area (TPSA) is 29.5 Å². The quantitative estimate of drug-likeness (QED) is 0.211. The Labute approximate surface area is 231 Å². The maximum atomic E-state index is 11.3. The Balaban J connectivity index is 1.96. The van der Waals surface area contributed by atoms with Crippen molar-refractivity contribution >= 4 is 0 Å². The molecule has 0 aromatic heterocycles. The van der Waals surface area contributed by atoms with Gasteiger partial charge >= 0.3 is 0 Å². The summed E-state index contributed by atoms with van der Waals surface area (Å²) in [6.07, 6.45) is 20.2. The molecule has 214 valence electrons. The summed E-state index contributed by atoms with van der Waals surface area (Å²) in [6, 6.07) is 0. The van der Waals surface area contributed by atoms with Gasteiger partial charge in [-0.05, 0) is 69.6 Å². The molecule has 2 nitrogen and oxygen atoms in total. The normalized spacial score (nSPS) is 19.1. The lowest BCUT2D eigenvalue weighted by molar-refractivity contribution is 0.0506. The molecule has 1 aromatic rings. The lowest BCUT2D eigenvalue weighted by Crippen LogP contribution is -2.37. The van der Waals surface area contributed by atoms with Gasteiger partial charge in [0, 0.05) is 22.3 Å². The van der Waals surface area contributed by atoms with Crippen molar-refractivity contribution < 1.29 is 9.84 Å². The van der Waals surface area contributed by atoms with Crippen LogP contribution in [-0.4, -0.2) is 10.7 Å². The van der Waals surface area contributed by atoms with Crippen molar-refractivity contribution in [3.63, 3.8) is 0 Å². The highest BCUT2D eigenvalue weighted by Crippen LogP contribution is 2.46. The molecule has 0 aliphatic carbocycles. The van der Waals surface area contributed by atoms with Gasteiger partial charge in [0.15, 0.2) is 0 Å². The van der Waals surface area contributed by atoms with Gasteiger partial charge in [-0.25, -0.2) is 0 Å². The van der Waals surface area contributed by atoms with Crippen molar-refractivity contribution in [2.45, 2.75) is 170 Å². The summed E-state index contributed by atoms with van der Waals surface area (Å²) < 4.78 is 6.97. The Bertz CT molecular complexity index is 795. The van der Waals surface area contributed by atoms with E-state index in [2.05, 4.69) is 55.4 Å². The average molecular weight is 515 g/mol. The van der Waals surface area contributed by atoms with Gasteiger partial charge < -0.3 is 9.84 Å². The van der Waals surface area contributed by atoms with E-state index in [4.69, 9.17) is 4.74 Å². The van der Waals surface area contributed by atoms with Gasteiger partial charge in [0.25, 0.3) is 0 Å². The molecule has 0 fully saturated rings. The molecule has 0 spiro atoms. The molecule has 1 aliphatic rings. The summed E-state index contributed by atoms with van der Waals surface area (Å²) in [7, 11) is 0. The van der Waals surface area contributed by atoms with Gasteiger partial charge in [-0.3, -0.25) is 0 Å². The number of phenols is 1. The lowest BCUT2D eigenvalue weighted by atomic mass is 9.81. The number of aromatic hydroxyl groups is 1. The molecular weight excluding hydrogens is 452 g/mol. The van der Waals surface area contributed by atoms with Crippen molar-refractivity contribution in [2.24, 2.45) is 17.8 Å². The molecule has 0 amide bonds. The Kier molecular flexibility index (Phi) is 13.9. The van der Waals surface area contributed by atoms with Crippen LogP contribution in [0.3, 0.4) is 0 Å². The third-order valence-corrected chi connectivity index (χ3v) is 8.88. The molecule has 0 bridgehead atoms. The zero-order valence-electron chi connectivity index (χ0n) is 26.1. The SMILES string of the molecule is CCCc1c(O)c(CCC)c2c(c1CCC)OC(C)(CCCC(C)CCCC(C)CCCC(C)C)CC2. The van der Waals surface area contributed by atoms with E-state index < -0.39 is 0 Å². The van der Waals surface area contributed by atoms with E-state index in [0.29, 0.717) is 5.75 Å². The van der Waals surface area contributed by atoms with E-state index in [9.17, 15) is 5.11 Å². The van der Waals surface area contributed by atoms with E-state index in [1.165, 1.54) is 73.6 Å². The smallest absolute Gasteiger partial charge is 0.127 e. The van der Waals surface area contributed by atoms with Gasteiger partial charge in [0.2, 0.25) is 0 Å². The van der Waals surface area contributed by atoms with Crippen LogP contribution in [0.4, 0.5) is 0 Å². The molecule has 3 unspecified atom stereocenters. The number of ether oxygens (including phenoxy) is 1. The molecule has 2 rings (SSSR count). The highest BCUT2D eigenvalue weighted by molar-refractivity contribution is 5.60. The van der Waals surface area contributed by atoms with Gasteiger partial charge in [0.05, 0.1) is 0 Å². The second-order valence-electron chi connectivity index (χ2n) is 13.3. The van der Waals surface area contributed by atoms with Crippen LogP contribution in [0.25, 0.3) is 0 Å². The summed E-state index contributed by atoms with van der Waals surface area (Å²) in [5.41, 5.74) is 4.89. The molecular formula is C35H62O2. The third-order valence-electron chi connectivity index (χ3n) is 8.88. The van der Waals surface area contributed by atoms with Crippen LogP contribution < -0.4 is 4.74 Å². The fraction of sp³-hybridized carbons (Fsp3) is 0.829. The Morgan fingerprint density at radius 1 is 0.730 bits per heavy atom. The van der Waals surface area contributed by atoms with E-state index >= 15 is 0 Å². The molecule has 2 heteroatoms. The maximum Gasteiger partial charge on any atom is 0.127 e. The second kappa shape index (κ2) is 16.0. The zero-order valence-corrected chi connectivity index (χ0v) is 26.1. The van der Waals surface area contributed by atoms with E-state index in [-0.39, 0.29) is 5.60 Å². The molecule has 0 saturated carbocycles. The first-order valence-electron chi connectivity index (χ1n) is 16.2. The minimum Gasteiger partial charge on any atom is -0.507 e. The van der Waals surface area contributed by atoms with Gasteiger partial charge in [-0.1, -0.05) is 113 Å². The van der Waals surface area contributed by atoms with Crippen LogP contribution in [0.2, 0.25) is 0 Å². The van der Waals surface area contributed by atoms with Crippen LogP contribution in [-0.2, 0) is 25.7 Å². The first-order chi connectivity index (χ1) is 17.7. The van der Waals surface area contributed by atoms with Crippen LogP contribution >= 0.6 is 0 Å². The molecule has 0 radical (unpaired) electrons. The zero-order chi connectivity index (χ0) is 27.4. The summed E-state index contributed by atoms with van der Waals surface area (Å²) in [4.78, 5) is 0. The Morgan fingerprint density at radius 3 is 1.81 bits per heavy atom. The maximum absolute atomic E-state index is 11.3. The van der Waals surface area contributed by atoms with Crippen LogP contribution in [0.5, 0.6) is 11.5 Å². The minimum absolute atomic E-state index is 0.0793. The summed E-state index contributed by atoms with van der Waals surface area (Å²) in [6.45, 7) is 18.6. The predicted octanol–water partition coefficient (Wildman–Crippen LogP) is 10.8. The number of rotatable bonds is 18. The highest BCUT2D eigenvalue weighted by atomic mass is 16.5. The number of benzene rings is 1. The highest BCUT2D eigenvalue weighted by Gasteiger charge is 2.35. The standard InChI is InChI=1S/C35H62O2/c1-9-15-29-31(17-11-3)34-32(30(16-10-2)33(29)36)23-25-35(8,37-34)24-14-22-28(7)21-13-20-27(6)19-12-18-26(4)5/h26-28,36H,9-25H2,1-8H3. The summed E-state index contributed by atoms with van der Waals surface area (Å²) >= 11 is 0. The lowest BCUT2D eigenvalue weighted by Gasteiger charge is -2.39. The first-order valence-corrected chi connectivity index (χ1v) is 16.2. The molecule has 1 N–H and O–H groups in total. The average Bonchev–Trinajstić information content (AvgIpc) is 2.83. The second-order valence-corrected chi connectivity index (χ2v) is 13.3. The summed E-state index contributed by atoms with van der Waals surface area (Å²) in [5, 5.41) is 11.3. The fourth-order valence-electron chi connectivity index (χ4n) is 6.53. The molecule has 3 atom stereocenters. The monoisotopic (exact) mass is 514 g/mol. The molecule has 1 aliphatic heterocycles. The molecule has 0 saturated heterocycles. The fourth-order valence-corrected chi connectivity index (χ4v) is 6.53. The van der Waals surface area contributed by atoms with Crippen LogP contribution in [0, 0.1) is 17.8 Å². The van der Waals surface area contributed by atoms with Crippen molar-refractivity contribution in [1.29, 1.82) is 0 Å². The predicted molar refractivity (Wildman–Crippen MR) is 162 cm³/mol. The van der Waals surface area contributed by atoms with Crippen LogP contribution in [0.1, 0.15) is 161 Å². The summed E-state index contributed by atoms with van der Waals surface area (Å²) in [5.74, 6) is 4.27. The van der Waals surface area contributed by atoms with Crippen molar-refractivity contribution in [1.82, 2.24) is 0 Å². The van der Waals surface area contributed by atoms with E-state index in [1.54, 1.807) is 0 Å². The number of phenolic OH excluding ortho intramolecular Hbond substituents is 1. The third kappa shape index (κ3) is 9.81.